The SMILES string of the molecule is Clc1ccc2c(N3CCN(CCCN4CCN(c5ccnc6cc(Cl)ccc56)CC4)CC3)ccnc2c1.O=P(O)(O)O.O=P(O)(O)O.O=P(O)(O)O. The van der Waals surface area contributed by atoms with E-state index in [0.717, 1.165) is 86.5 Å². The molecule has 2 aliphatic rings. The first-order valence-corrected chi connectivity index (χ1v) is 21.0. The molecule has 0 radical (unpaired) electrons. The Kier molecular flexibility index (Phi) is 16.8. The minimum atomic E-state index is -4.64. The van der Waals surface area contributed by atoms with E-state index in [0.29, 0.717) is 0 Å². The van der Waals surface area contributed by atoms with Crippen molar-refractivity contribution in [2.75, 3.05) is 75.2 Å². The van der Waals surface area contributed by atoms with Crippen LogP contribution < -0.4 is 9.80 Å². The van der Waals surface area contributed by atoms with Crippen LogP contribution in [-0.2, 0) is 13.7 Å². The average molecular weight is 830 g/mol. The number of fused-ring (bicyclic) bond motifs is 2. The summed E-state index contributed by atoms with van der Waals surface area (Å²) in [5, 5.41) is 3.84. The van der Waals surface area contributed by atoms with Crippen LogP contribution in [0.15, 0.2) is 60.9 Å². The van der Waals surface area contributed by atoms with Crippen LogP contribution in [0.25, 0.3) is 21.8 Å². The molecule has 2 aromatic carbocycles. The average Bonchev–Trinajstić information content (AvgIpc) is 3.02. The van der Waals surface area contributed by atoms with Gasteiger partial charge in [0.1, 0.15) is 0 Å². The Morgan fingerprint density at radius 2 is 0.827 bits per heavy atom. The van der Waals surface area contributed by atoms with Gasteiger partial charge in [0, 0.05) is 96.9 Å². The second-order valence-electron chi connectivity index (χ2n) is 11.5. The molecule has 52 heavy (non-hydrogen) atoms. The van der Waals surface area contributed by atoms with Gasteiger partial charge in [-0.2, -0.15) is 0 Å². The highest BCUT2D eigenvalue weighted by molar-refractivity contribution is 7.45. The lowest BCUT2D eigenvalue weighted by Crippen LogP contribution is -2.48. The van der Waals surface area contributed by atoms with Gasteiger partial charge in [0.25, 0.3) is 0 Å². The van der Waals surface area contributed by atoms with Crippen LogP contribution in [0.4, 0.5) is 11.4 Å². The Balaban J connectivity index is 0.000000412. The molecule has 2 fully saturated rings. The standard InChI is InChI=1S/C29H32Cl2N6.3H3O4P/c30-22-2-4-24-26(20-22)32-8-6-28(24)36-16-12-34(13-17-36)10-1-11-35-14-18-37(19-15-35)29-7-9-33-27-21-23(31)3-5-25(27)29;3*1-5(2,3)4/h2-9,20-21H,1,10-19H2;3*(H3,1,2,3,4). The fourth-order valence-corrected chi connectivity index (χ4v) is 6.04. The maximum Gasteiger partial charge on any atom is 0.466 e. The largest absolute Gasteiger partial charge is 0.466 e. The first-order chi connectivity index (χ1) is 24.1. The molecule has 288 valence electrons. The van der Waals surface area contributed by atoms with Gasteiger partial charge in [-0.05, 0) is 68.0 Å². The Hall–Kier alpha value is -2.31. The number of hydrogen-bond acceptors (Lipinski definition) is 9. The molecule has 0 atom stereocenters. The number of anilines is 2. The number of aromatic nitrogens is 2. The molecule has 4 heterocycles. The summed E-state index contributed by atoms with van der Waals surface area (Å²) >= 11 is 12.3. The second-order valence-corrected chi connectivity index (χ2v) is 15.5. The zero-order valence-corrected chi connectivity index (χ0v) is 31.8. The first-order valence-electron chi connectivity index (χ1n) is 15.5. The van der Waals surface area contributed by atoms with Crippen molar-refractivity contribution < 1.29 is 57.7 Å². The first kappa shape index (κ1) is 44.1. The van der Waals surface area contributed by atoms with E-state index in [1.54, 1.807) is 0 Å². The smallest absolute Gasteiger partial charge is 0.368 e. The van der Waals surface area contributed by atoms with Crippen molar-refractivity contribution in [2.24, 2.45) is 0 Å². The molecule has 23 heteroatoms. The normalized spacial score (nSPS) is 16.0. The Morgan fingerprint density at radius 3 is 1.13 bits per heavy atom. The summed E-state index contributed by atoms with van der Waals surface area (Å²) in [6.45, 7) is 10.9. The van der Waals surface area contributed by atoms with Gasteiger partial charge in [0.2, 0.25) is 0 Å². The van der Waals surface area contributed by atoms with Gasteiger partial charge in [-0.1, -0.05) is 23.2 Å². The fourth-order valence-electron chi connectivity index (χ4n) is 5.71. The van der Waals surface area contributed by atoms with Gasteiger partial charge in [-0.3, -0.25) is 19.8 Å². The minimum Gasteiger partial charge on any atom is -0.368 e. The summed E-state index contributed by atoms with van der Waals surface area (Å²) in [5.74, 6) is 0. The molecule has 18 nitrogen and oxygen atoms in total. The third-order valence-electron chi connectivity index (χ3n) is 7.74. The topological polar surface area (TPSA) is 272 Å². The molecule has 4 aromatic rings. The number of pyridine rings is 2. The molecular weight excluding hydrogens is 788 g/mol. The molecule has 2 saturated heterocycles. The third kappa shape index (κ3) is 17.2. The minimum absolute atomic E-state index is 0.736. The van der Waals surface area contributed by atoms with Gasteiger partial charge in [-0.25, -0.2) is 13.7 Å². The van der Waals surface area contributed by atoms with Crippen molar-refractivity contribution in [3.63, 3.8) is 0 Å². The van der Waals surface area contributed by atoms with E-state index in [1.807, 2.05) is 36.7 Å². The van der Waals surface area contributed by atoms with E-state index in [2.05, 4.69) is 53.8 Å². The van der Waals surface area contributed by atoms with E-state index in [4.69, 9.17) is 80.9 Å². The van der Waals surface area contributed by atoms with E-state index in [1.165, 1.54) is 28.6 Å². The van der Waals surface area contributed by atoms with Crippen LogP contribution in [-0.4, -0.2) is 129 Å². The van der Waals surface area contributed by atoms with E-state index in [-0.39, 0.29) is 0 Å². The highest BCUT2D eigenvalue weighted by atomic mass is 35.5. The van der Waals surface area contributed by atoms with Crippen molar-refractivity contribution in [2.45, 2.75) is 6.42 Å². The molecule has 0 aliphatic carbocycles. The number of rotatable bonds is 6. The molecule has 2 aromatic heterocycles. The maximum absolute atomic E-state index is 8.88. The number of nitrogens with zero attached hydrogens (tertiary/aromatic N) is 6. The van der Waals surface area contributed by atoms with Gasteiger partial charge >= 0.3 is 23.5 Å². The molecule has 0 amide bonds. The summed E-state index contributed by atoms with van der Waals surface area (Å²) < 4.78 is 26.6. The van der Waals surface area contributed by atoms with Crippen LogP contribution >= 0.6 is 46.7 Å². The van der Waals surface area contributed by atoms with Gasteiger partial charge < -0.3 is 53.8 Å². The quantitative estimate of drug-likeness (QED) is 0.126. The fraction of sp³-hybridized carbons (Fsp3) is 0.379. The van der Waals surface area contributed by atoms with Crippen LogP contribution in [0.5, 0.6) is 0 Å². The molecule has 9 N–H and O–H groups in total. The Labute approximate surface area is 309 Å². The van der Waals surface area contributed by atoms with E-state index < -0.39 is 23.5 Å². The Morgan fingerprint density at radius 1 is 0.519 bits per heavy atom. The molecule has 0 saturated carbocycles. The summed E-state index contributed by atoms with van der Waals surface area (Å²) in [6, 6.07) is 16.3. The number of halogens is 2. The van der Waals surface area contributed by atoms with Crippen LogP contribution in [0.2, 0.25) is 10.0 Å². The number of phosphoric acid groups is 3. The summed E-state index contributed by atoms with van der Waals surface area (Å²) in [6.07, 6.45) is 5.01. The van der Waals surface area contributed by atoms with Crippen molar-refractivity contribution in [1.29, 1.82) is 0 Å². The van der Waals surface area contributed by atoms with Crippen molar-refractivity contribution in [1.82, 2.24) is 19.8 Å². The zero-order valence-electron chi connectivity index (χ0n) is 27.6. The van der Waals surface area contributed by atoms with E-state index in [9.17, 15) is 0 Å². The molecule has 6 rings (SSSR count). The summed E-state index contributed by atoms with van der Waals surface area (Å²) in [4.78, 5) is 83.9. The highest BCUT2D eigenvalue weighted by Crippen LogP contribution is 2.30. The van der Waals surface area contributed by atoms with E-state index >= 15 is 0 Å². The number of piperazine rings is 2. The van der Waals surface area contributed by atoms with Crippen LogP contribution in [0.3, 0.4) is 0 Å². The molecule has 2 aliphatic heterocycles. The lowest BCUT2D eigenvalue weighted by atomic mass is 10.1. The van der Waals surface area contributed by atoms with Crippen LogP contribution in [0, 0.1) is 0 Å². The lowest BCUT2D eigenvalue weighted by molar-refractivity contribution is 0.213. The number of hydrogen-bond donors (Lipinski definition) is 9. The highest BCUT2D eigenvalue weighted by Gasteiger charge is 2.21. The molecule has 0 bridgehead atoms. The van der Waals surface area contributed by atoms with Gasteiger partial charge in [0.15, 0.2) is 0 Å². The van der Waals surface area contributed by atoms with Crippen LogP contribution in [0.1, 0.15) is 6.42 Å². The van der Waals surface area contributed by atoms with Crippen molar-refractivity contribution in [3.8, 4) is 0 Å². The third-order valence-corrected chi connectivity index (χ3v) is 8.21. The predicted molar refractivity (Wildman–Crippen MR) is 198 cm³/mol. The summed E-state index contributed by atoms with van der Waals surface area (Å²) in [7, 11) is -13.9. The lowest BCUT2D eigenvalue weighted by Gasteiger charge is -2.38. The summed E-state index contributed by atoms with van der Waals surface area (Å²) in [5.41, 5.74) is 4.47. The zero-order chi connectivity index (χ0) is 38.7. The van der Waals surface area contributed by atoms with Gasteiger partial charge in [-0.15, -0.1) is 0 Å². The molecule has 0 spiro atoms. The monoisotopic (exact) mass is 828 g/mol. The van der Waals surface area contributed by atoms with Crippen molar-refractivity contribution in [3.05, 3.63) is 71.0 Å². The molecular formula is C29H41Cl2N6O12P3. The maximum atomic E-state index is 8.88. The van der Waals surface area contributed by atoms with Crippen molar-refractivity contribution >= 4 is 79.9 Å². The number of benzene rings is 2. The predicted octanol–water partition coefficient (Wildman–Crippen LogP) is 2.64. The Bertz CT molecular complexity index is 1720. The second kappa shape index (κ2) is 19.9. The van der Waals surface area contributed by atoms with Gasteiger partial charge in [0.05, 0.1) is 11.0 Å². The molecule has 0 unspecified atom stereocenters.